The summed E-state index contributed by atoms with van der Waals surface area (Å²) >= 11 is 2.45. The van der Waals surface area contributed by atoms with Crippen molar-refractivity contribution in [1.29, 1.82) is 0 Å². The first-order valence-electron chi connectivity index (χ1n) is 12.9. The van der Waals surface area contributed by atoms with Gasteiger partial charge in [0, 0.05) is 45.9 Å². The molecule has 0 radical (unpaired) electrons. The van der Waals surface area contributed by atoms with Crippen molar-refractivity contribution in [2.45, 2.75) is 51.3 Å². The van der Waals surface area contributed by atoms with Gasteiger partial charge in [-0.25, -0.2) is 0 Å². The fraction of sp³-hybridized carbons (Fsp3) is 0.167. The van der Waals surface area contributed by atoms with Gasteiger partial charge < -0.3 is 0 Å². The van der Waals surface area contributed by atoms with Crippen LogP contribution in [0.4, 0.5) is 0 Å². The van der Waals surface area contributed by atoms with Crippen molar-refractivity contribution in [3.63, 3.8) is 0 Å². The number of hydrogen-bond acceptors (Lipinski definition) is 4. The van der Waals surface area contributed by atoms with Crippen LogP contribution in [0, 0.1) is 51.4 Å². The van der Waals surface area contributed by atoms with Crippen LogP contribution in [0.2, 0.25) is 0 Å². The molecule has 0 aliphatic rings. The van der Waals surface area contributed by atoms with E-state index in [1.54, 1.807) is 13.8 Å². The van der Waals surface area contributed by atoms with E-state index in [0.29, 0.717) is 0 Å². The third-order valence-corrected chi connectivity index (χ3v) is 7.84. The SMILES string of the molecule is CC(=O)Sc1ccc(C#Cc2cc(C)c(-c3c(C)cc(C#Cc4ccc(SC(C)=O)cc4)cc3C)c(C)c2)cc1. The molecular formula is C36H30O2S2. The Morgan fingerprint density at radius 1 is 0.475 bits per heavy atom. The van der Waals surface area contributed by atoms with Gasteiger partial charge >= 0.3 is 0 Å². The maximum absolute atomic E-state index is 11.3. The molecule has 4 aromatic rings. The lowest BCUT2D eigenvalue weighted by Crippen LogP contribution is -1.96. The molecule has 40 heavy (non-hydrogen) atoms. The summed E-state index contributed by atoms with van der Waals surface area (Å²) in [5.74, 6) is 13.1. The van der Waals surface area contributed by atoms with Gasteiger partial charge in [0.05, 0.1) is 0 Å². The molecule has 0 N–H and O–H groups in total. The van der Waals surface area contributed by atoms with Crippen LogP contribution in [-0.4, -0.2) is 10.2 Å². The van der Waals surface area contributed by atoms with Crippen LogP contribution in [0.15, 0.2) is 82.6 Å². The second-order valence-electron chi connectivity index (χ2n) is 9.71. The summed E-state index contributed by atoms with van der Waals surface area (Å²) in [6.45, 7) is 11.7. The molecule has 0 bridgehead atoms. The molecule has 4 rings (SSSR count). The smallest absolute Gasteiger partial charge is 0.190 e. The van der Waals surface area contributed by atoms with E-state index < -0.39 is 0 Å². The molecule has 0 aromatic heterocycles. The second kappa shape index (κ2) is 12.9. The molecule has 4 heteroatoms. The van der Waals surface area contributed by atoms with Gasteiger partial charge in [0.15, 0.2) is 10.2 Å². The van der Waals surface area contributed by atoms with Crippen molar-refractivity contribution < 1.29 is 9.59 Å². The van der Waals surface area contributed by atoms with E-state index >= 15 is 0 Å². The summed E-state index contributed by atoms with van der Waals surface area (Å²) in [5.41, 5.74) is 11.0. The summed E-state index contributed by atoms with van der Waals surface area (Å²) in [7, 11) is 0. The fourth-order valence-corrected chi connectivity index (χ4v) is 5.90. The van der Waals surface area contributed by atoms with E-state index in [4.69, 9.17) is 0 Å². The Morgan fingerprint density at radius 2 is 0.750 bits per heavy atom. The molecule has 0 aliphatic carbocycles. The first kappa shape index (κ1) is 29.0. The van der Waals surface area contributed by atoms with Gasteiger partial charge in [-0.2, -0.15) is 0 Å². The third kappa shape index (κ3) is 7.57. The predicted molar refractivity (Wildman–Crippen MR) is 169 cm³/mol. The zero-order valence-corrected chi connectivity index (χ0v) is 25.2. The number of thioether (sulfide) groups is 2. The standard InChI is InChI=1S/C36H30O2S2/c1-23-19-31(9-7-29-11-15-33(16-12-29)39-27(5)37)20-24(2)35(23)36-25(3)21-32(22-26(36)4)10-8-30-13-17-34(18-14-30)40-28(6)38/h11-22H,1-6H3. The first-order valence-corrected chi connectivity index (χ1v) is 14.6. The van der Waals surface area contributed by atoms with Crippen LogP contribution in [0.25, 0.3) is 11.1 Å². The lowest BCUT2D eigenvalue weighted by molar-refractivity contribution is -0.109. The Hall–Kier alpha value is -3.96. The Kier molecular flexibility index (Phi) is 9.38. The van der Waals surface area contributed by atoms with E-state index in [0.717, 1.165) is 32.0 Å². The Labute approximate surface area is 246 Å². The summed E-state index contributed by atoms with van der Waals surface area (Å²) in [6.07, 6.45) is 0. The molecule has 0 saturated heterocycles. The van der Waals surface area contributed by atoms with E-state index in [1.807, 2.05) is 48.5 Å². The minimum atomic E-state index is 0.0747. The van der Waals surface area contributed by atoms with Crippen molar-refractivity contribution in [3.05, 3.63) is 117 Å². The van der Waals surface area contributed by atoms with Gasteiger partial charge in [-0.05, 0) is 134 Å². The Balaban J connectivity index is 1.57. The third-order valence-electron chi connectivity index (χ3n) is 6.25. The number of hydrogen-bond donors (Lipinski definition) is 0. The van der Waals surface area contributed by atoms with Crippen LogP contribution >= 0.6 is 23.5 Å². The normalized spacial score (nSPS) is 10.2. The second-order valence-corrected chi connectivity index (χ2v) is 12.2. The van der Waals surface area contributed by atoms with Crippen molar-refractivity contribution in [2.24, 2.45) is 0 Å². The zero-order chi connectivity index (χ0) is 28.8. The number of carbonyl (C=O) groups is 2. The van der Waals surface area contributed by atoms with Crippen LogP contribution < -0.4 is 0 Å². The van der Waals surface area contributed by atoms with Crippen molar-refractivity contribution in [1.82, 2.24) is 0 Å². The molecule has 0 fully saturated rings. The maximum atomic E-state index is 11.3. The highest BCUT2D eigenvalue weighted by Crippen LogP contribution is 2.34. The van der Waals surface area contributed by atoms with Crippen LogP contribution in [0.5, 0.6) is 0 Å². The van der Waals surface area contributed by atoms with E-state index in [2.05, 4.69) is 75.6 Å². The molecule has 4 aromatic carbocycles. The van der Waals surface area contributed by atoms with Gasteiger partial charge in [-0.15, -0.1) is 0 Å². The highest BCUT2D eigenvalue weighted by atomic mass is 32.2. The molecule has 0 unspecified atom stereocenters. The predicted octanol–water partition coefficient (Wildman–Crippen LogP) is 8.66. The van der Waals surface area contributed by atoms with Gasteiger partial charge in [-0.3, -0.25) is 9.59 Å². The van der Waals surface area contributed by atoms with Crippen LogP contribution in [0.1, 0.15) is 58.4 Å². The summed E-state index contributed by atoms with van der Waals surface area (Å²) in [6, 6.07) is 24.1. The van der Waals surface area contributed by atoms with E-state index in [1.165, 1.54) is 56.9 Å². The molecule has 0 heterocycles. The lowest BCUT2D eigenvalue weighted by Gasteiger charge is -2.17. The lowest BCUT2D eigenvalue weighted by atomic mass is 9.87. The largest absolute Gasteiger partial charge is 0.287 e. The minimum absolute atomic E-state index is 0.0747. The van der Waals surface area contributed by atoms with Gasteiger partial charge in [0.25, 0.3) is 0 Å². The number of carbonyl (C=O) groups excluding carboxylic acids is 2. The van der Waals surface area contributed by atoms with E-state index in [9.17, 15) is 9.59 Å². The topological polar surface area (TPSA) is 34.1 Å². The summed E-state index contributed by atoms with van der Waals surface area (Å²) in [4.78, 5) is 24.5. The maximum Gasteiger partial charge on any atom is 0.190 e. The van der Waals surface area contributed by atoms with Crippen LogP contribution in [0.3, 0.4) is 0 Å². The quantitative estimate of drug-likeness (QED) is 0.186. The number of rotatable bonds is 3. The minimum Gasteiger partial charge on any atom is -0.287 e. The monoisotopic (exact) mass is 558 g/mol. The molecule has 0 amide bonds. The van der Waals surface area contributed by atoms with Crippen molar-refractivity contribution >= 4 is 33.8 Å². The average Bonchev–Trinajstić information content (AvgIpc) is 2.88. The molecule has 2 nitrogen and oxygen atoms in total. The molecule has 0 saturated carbocycles. The molecule has 0 aliphatic heterocycles. The van der Waals surface area contributed by atoms with Crippen molar-refractivity contribution in [3.8, 4) is 34.8 Å². The van der Waals surface area contributed by atoms with Gasteiger partial charge in [-0.1, -0.05) is 47.2 Å². The van der Waals surface area contributed by atoms with E-state index in [-0.39, 0.29) is 10.2 Å². The average molecular weight is 559 g/mol. The summed E-state index contributed by atoms with van der Waals surface area (Å²) in [5, 5.41) is 0.149. The number of aryl methyl sites for hydroxylation is 4. The van der Waals surface area contributed by atoms with Gasteiger partial charge in [0.1, 0.15) is 0 Å². The number of benzene rings is 4. The highest BCUT2D eigenvalue weighted by molar-refractivity contribution is 8.13. The Morgan fingerprint density at radius 3 is 1.02 bits per heavy atom. The molecule has 198 valence electrons. The summed E-state index contributed by atoms with van der Waals surface area (Å²) < 4.78 is 0. The molecule has 0 atom stereocenters. The van der Waals surface area contributed by atoms with Crippen molar-refractivity contribution in [2.75, 3.05) is 0 Å². The van der Waals surface area contributed by atoms with Crippen LogP contribution in [-0.2, 0) is 9.59 Å². The first-order chi connectivity index (χ1) is 19.1. The molecule has 0 spiro atoms. The van der Waals surface area contributed by atoms with Gasteiger partial charge in [0.2, 0.25) is 0 Å². The zero-order valence-electron chi connectivity index (χ0n) is 23.6. The fourth-order valence-electron chi connectivity index (χ4n) is 4.69. The molecular weight excluding hydrogens is 529 g/mol. The Bertz CT molecular complexity index is 1550. The highest BCUT2D eigenvalue weighted by Gasteiger charge is 2.13.